The molecule has 3 aromatic rings. The van der Waals surface area contributed by atoms with Crippen LogP contribution in [0, 0.1) is 0 Å². The maximum Gasteiger partial charge on any atom is 0.332 e. The van der Waals surface area contributed by atoms with Gasteiger partial charge in [-0.3, -0.25) is 18.5 Å². The van der Waals surface area contributed by atoms with Crippen molar-refractivity contribution in [2.24, 2.45) is 5.14 Å². The lowest BCUT2D eigenvalue weighted by Crippen LogP contribution is -2.40. The van der Waals surface area contributed by atoms with Gasteiger partial charge in [0.15, 0.2) is 11.2 Å². The molecule has 1 saturated carbocycles. The molecule has 1 aliphatic carbocycles. The molecule has 4 N–H and O–H groups in total. The molecule has 11 nitrogen and oxygen atoms in total. The van der Waals surface area contributed by atoms with Gasteiger partial charge in [-0.2, -0.15) is 4.98 Å². The van der Waals surface area contributed by atoms with E-state index in [1.807, 2.05) is 0 Å². The van der Waals surface area contributed by atoms with Gasteiger partial charge in [0.2, 0.25) is 16.0 Å². The number of sulfonamides is 1. The number of nitrogens with two attached hydrogens (primary N) is 1. The second kappa shape index (κ2) is 10.1. The number of anilines is 1. The minimum absolute atomic E-state index is 0.00954. The molecule has 1 aliphatic rings. The van der Waals surface area contributed by atoms with E-state index < -0.39 is 21.3 Å². The van der Waals surface area contributed by atoms with E-state index in [9.17, 15) is 23.1 Å². The number of imidazole rings is 1. The maximum absolute atomic E-state index is 13.4. The van der Waals surface area contributed by atoms with Crippen LogP contribution in [0.1, 0.15) is 44.6 Å². The molecule has 0 saturated heterocycles. The number of aliphatic hydroxyl groups is 1. The SMILES string of the molecule is CCn1c(=O)c2c(nc(NC3CCCCC3)n2Cc2ccc(S(N)(=O)=O)c(Cl)c2)n(CCO)c1=O. The van der Waals surface area contributed by atoms with Gasteiger partial charge in [-0.1, -0.05) is 36.9 Å². The fourth-order valence-electron chi connectivity index (χ4n) is 4.62. The molecule has 0 aliphatic heterocycles. The fourth-order valence-corrected chi connectivity index (χ4v) is 5.73. The summed E-state index contributed by atoms with van der Waals surface area (Å²) < 4.78 is 27.6. The Kier molecular flexibility index (Phi) is 7.36. The first-order valence-corrected chi connectivity index (χ1v) is 13.5. The highest BCUT2D eigenvalue weighted by Crippen LogP contribution is 2.26. The van der Waals surface area contributed by atoms with E-state index in [1.54, 1.807) is 17.6 Å². The van der Waals surface area contributed by atoms with Crippen LogP contribution in [0.4, 0.5) is 5.95 Å². The zero-order chi connectivity index (χ0) is 25.3. The van der Waals surface area contributed by atoms with Gasteiger partial charge in [-0.25, -0.2) is 18.4 Å². The standard InChI is InChI=1S/C22H29ClN6O5S/c1-2-27-20(31)18-19(28(10-11-30)22(27)32)26-21(25-15-6-4-3-5-7-15)29(18)13-14-8-9-17(16(23)12-14)35(24,33)34/h8-9,12,15,30H,2-7,10-11,13H2,1H3,(H,25,26)(H2,24,33,34). The van der Waals surface area contributed by atoms with Gasteiger partial charge < -0.3 is 10.4 Å². The third-order valence-corrected chi connectivity index (χ3v) is 7.73. The van der Waals surface area contributed by atoms with Crippen LogP contribution < -0.4 is 21.7 Å². The lowest BCUT2D eigenvalue weighted by atomic mass is 9.96. The van der Waals surface area contributed by atoms with Crippen molar-refractivity contribution < 1.29 is 13.5 Å². The van der Waals surface area contributed by atoms with Crippen molar-refractivity contribution in [1.29, 1.82) is 0 Å². The van der Waals surface area contributed by atoms with E-state index in [0.717, 1.165) is 30.3 Å². The summed E-state index contributed by atoms with van der Waals surface area (Å²) in [6, 6.07) is 4.55. The van der Waals surface area contributed by atoms with Crippen molar-refractivity contribution in [2.45, 2.75) is 69.6 Å². The Hall–Kier alpha value is -2.67. The summed E-state index contributed by atoms with van der Waals surface area (Å²) in [5.41, 5.74) is -0.00322. The number of halogens is 1. The summed E-state index contributed by atoms with van der Waals surface area (Å²) >= 11 is 6.20. The molecule has 0 radical (unpaired) electrons. The van der Waals surface area contributed by atoms with Gasteiger partial charge in [0.1, 0.15) is 4.90 Å². The molecule has 0 unspecified atom stereocenters. The van der Waals surface area contributed by atoms with E-state index in [-0.39, 0.29) is 53.4 Å². The van der Waals surface area contributed by atoms with Crippen molar-refractivity contribution in [2.75, 3.05) is 11.9 Å². The molecule has 13 heteroatoms. The van der Waals surface area contributed by atoms with E-state index in [2.05, 4.69) is 10.3 Å². The molecular weight excluding hydrogens is 496 g/mol. The minimum Gasteiger partial charge on any atom is -0.395 e. The average Bonchev–Trinajstić information content (AvgIpc) is 3.14. The van der Waals surface area contributed by atoms with Gasteiger partial charge in [-0.15, -0.1) is 0 Å². The quantitative estimate of drug-likeness (QED) is 0.403. The summed E-state index contributed by atoms with van der Waals surface area (Å²) in [7, 11) is -3.99. The summed E-state index contributed by atoms with van der Waals surface area (Å²) in [5.74, 6) is 0.426. The third-order valence-electron chi connectivity index (χ3n) is 6.34. The van der Waals surface area contributed by atoms with Gasteiger partial charge in [0.25, 0.3) is 5.56 Å². The molecule has 0 atom stereocenters. The van der Waals surface area contributed by atoms with Gasteiger partial charge in [0, 0.05) is 12.6 Å². The highest BCUT2D eigenvalue weighted by atomic mass is 35.5. The van der Waals surface area contributed by atoms with Crippen molar-refractivity contribution >= 4 is 38.7 Å². The molecule has 190 valence electrons. The smallest absolute Gasteiger partial charge is 0.332 e. The number of nitrogens with one attached hydrogen (secondary N) is 1. The third kappa shape index (κ3) is 5.01. The molecule has 1 fully saturated rings. The lowest BCUT2D eigenvalue weighted by molar-refractivity contribution is 0.274. The Bertz CT molecular complexity index is 1470. The Morgan fingerprint density at radius 3 is 2.49 bits per heavy atom. The Morgan fingerprint density at radius 2 is 1.89 bits per heavy atom. The maximum atomic E-state index is 13.4. The monoisotopic (exact) mass is 524 g/mol. The molecule has 2 aromatic heterocycles. The number of benzene rings is 1. The summed E-state index contributed by atoms with van der Waals surface area (Å²) in [4.78, 5) is 30.8. The molecule has 4 rings (SSSR count). The molecule has 1 aromatic carbocycles. The lowest BCUT2D eigenvalue weighted by Gasteiger charge is -2.23. The van der Waals surface area contributed by atoms with Crippen LogP contribution >= 0.6 is 11.6 Å². The van der Waals surface area contributed by atoms with Crippen molar-refractivity contribution in [3.05, 3.63) is 49.6 Å². The number of rotatable bonds is 8. The highest BCUT2D eigenvalue weighted by molar-refractivity contribution is 7.89. The average molecular weight is 525 g/mol. The summed E-state index contributed by atoms with van der Waals surface area (Å²) in [6.07, 6.45) is 5.25. The number of fused-ring (bicyclic) bond motifs is 1. The predicted molar refractivity (Wildman–Crippen MR) is 133 cm³/mol. The zero-order valence-electron chi connectivity index (χ0n) is 19.4. The van der Waals surface area contributed by atoms with Crippen LogP contribution in [0.5, 0.6) is 0 Å². The van der Waals surface area contributed by atoms with Gasteiger partial charge >= 0.3 is 5.69 Å². The van der Waals surface area contributed by atoms with Gasteiger partial charge in [-0.05, 0) is 37.5 Å². The number of primary sulfonamides is 1. The Morgan fingerprint density at radius 1 is 1.17 bits per heavy atom. The molecule has 2 heterocycles. The second-order valence-electron chi connectivity index (χ2n) is 8.69. The zero-order valence-corrected chi connectivity index (χ0v) is 21.0. The number of aliphatic hydroxyl groups excluding tert-OH is 1. The number of aromatic nitrogens is 4. The number of hydrogen-bond donors (Lipinski definition) is 3. The van der Waals surface area contributed by atoms with E-state index in [0.29, 0.717) is 11.5 Å². The first-order valence-electron chi connectivity index (χ1n) is 11.6. The predicted octanol–water partition coefficient (Wildman–Crippen LogP) is 1.47. The van der Waals surface area contributed by atoms with Crippen LogP contribution in [-0.4, -0.2) is 44.9 Å². The summed E-state index contributed by atoms with van der Waals surface area (Å²) in [6.45, 7) is 1.70. The van der Waals surface area contributed by atoms with Gasteiger partial charge in [0.05, 0.1) is 24.7 Å². The Labute approximate surface area is 207 Å². The molecule has 35 heavy (non-hydrogen) atoms. The molecular formula is C22H29ClN6O5S. The van der Waals surface area contributed by atoms with Crippen LogP contribution in [-0.2, 0) is 29.7 Å². The van der Waals surface area contributed by atoms with E-state index in [4.69, 9.17) is 16.7 Å². The van der Waals surface area contributed by atoms with Crippen LogP contribution in [0.15, 0.2) is 32.7 Å². The van der Waals surface area contributed by atoms with E-state index >= 15 is 0 Å². The first-order chi connectivity index (χ1) is 16.7. The van der Waals surface area contributed by atoms with Crippen LogP contribution in [0.2, 0.25) is 5.02 Å². The molecule has 0 spiro atoms. The fraction of sp³-hybridized carbons (Fsp3) is 0.500. The topological polar surface area (TPSA) is 154 Å². The highest BCUT2D eigenvalue weighted by Gasteiger charge is 2.24. The van der Waals surface area contributed by atoms with Crippen LogP contribution in [0.25, 0.3) is 11.2 Å². The minimum atomic E-state index is -3.99. The molecule has 0 bridgehead atoms. The van der Waals surface area contributed by atoms with Crippen LogP contribution in [0.3, 0.4) is 0 Å². The van der Waals surface area contributed by atoms with E-state index in [1.165, 1.54) is 23.1 Å². The van der Waals surface area contributed by atoms with Crippen molar-refractivity contribution in [3.63, 3.8) is 0 Å². The number of nitrogens with zero attached hydrogens (tertiary/aromatic N) is 4. The number of hydrogen-bond acceptors (Lipinski definition) is 7. The second-order valence-corrected chi connectivity index (χ2v) is 10.6. The largest absolute Gasteiger partial charge is 0.395 e. The normalized spacial score (nSPS) is 15.1. The summed E-state index contributed by atoms with van der Waals surface area (Å²) in [5, 5.41) is 18.2. The Balaban J connectivity index is 1.91. The first kappa shape index (κ1) is 25.4. The van der Waals surface area contributed by atoms with Crippen molar-refractivity contribution in [1.82, 2.24) is 18.7 Å². The van der Waals surface area contributed by atoms with Crippen molar-refractivity contribution in [3.8, 4) is 0 Å². The molecule has 0 amide bonds.